The van der Waals surface area contributed by atoms with Crippen LogP contribution in [0.25, 0.3) is 0 Å². The second-order valence-electron chi connectivity index (χ2n) is 4.60. The van der Waals surface area contributed by atoms with Gasteiger partial charge in [0.2, 0.25) is 5.91 Å². The van der Waals surface area contributed by atoms with Crippen molar-refractivity contribution < 1.29 is 9.53 Å². The van der Waals surface area contributed by atoms with Crippen molar-refractivity contribution in [3.05, 3.63) is 12.4 Å². The van der Waals surface area contributed by atoms with Crippen molar-refractivity contribution in [2.75, 3.05) is 18.5 Å². The molecule has 6 heteroatoms. The van der Waals surface area contributed by atoms with Gasteiger partial charge in [-0.05, 0) is 13.8 Å². The third-order valence-corrected chi connectivity index (χ3v) is 2.86. The number of carbonyl (C=O) groups excluding carboxylic acids is 1. The van der Waals surface area contributed by atoms with Crippen molar-refractivity contribution >= 4 is 11.6 Å². The molecule has 0 spiro atoms. The van der Waals surface area contributed by atoms with Gasteiger partial charge in [-0.2, -0.15) is 5.10 Å². The zero-order valence-electron chi connectivity index (χ0n) is 10.1. The summed E-state index contributed by atoms with van der Waals surface area (Å²) in [5.74, 6) is -0.365. The molecule has 1 fully saturated rings. The van der Waals surface area contributed by atoms with Gasteiger partial charge >= 0.3 is 0 Å². The maximum atomic E-state index is 11.9. The summed E-state index contributed by atoms with van der Waals surface area (Å²) in [5, 5.41) is 6.96. The highest BCUT2D eigenvalue weighted by Crippen LogP contribution is 2.16. The van der Waals surface area contributed by atoms with Crippen molar-refractivity contribution in [3.63, 3.8) is 0 Å². The van der Waals surface area contributed by atoms with Gasteiger partial charge in [0.1, 0.15) is 0 Å². The predicted octanol–water partition coefficient (Wildman–Crippen LogP) is 0.376. The molecule has 1 aromatic heterocycles. The number of carbonyl (C=O) groups is 1. The number of ether oxygens (including phenoxy) is 1. The van der Waals surface area contributed by atoms with Crippen LogP contribution in [0.1, 0.15) is 19.9 Å². The topological polar surface area (TPSA) is 82.2 Å². The van der Waals surface area contributed by atoms with Crippen LogP contribution < -0.4 is 11.1 Å². The zero-order valence-corrected chi connectivity index (χ0v) is 10.1. The van der Waals surface area contributed by atoms with Gasteiger partial charge in [0.05, 0.1) is 31.0 Å². The summed E-state index contributed by atoms with van der Waals surface area (Å²) >= 11 is 0. The number of anilines is 1. The predicted molar refractivity (Wildman–Crippen MR) is 63.5 cm³/mol. The third-order valence-electron chi connectivity index (χ3n) is 2.86. The van der Waals surface area contributed by atoms with E-state index in [0.29, 0.717) is 18.9 Å². The van der Waals surface area contributed by atoms with Crippen LogP contribution in [0.2, 0.25) is 0 Å². The normalized spacial score (nSPS) is 24.2. The summed E-state index contributed by atoms with van der Waals surface area (Å²) in [6.45, 7) is 4.90. The minimum absolute atomic E-state index is 0.0988. The molecule has 1 saturated heterocycles. The van der Waals surface area contributed by atoms with Gasteiger partial charge in [0.25, 0.3) is 0 Å². The molecule has 2 atom stereocenters. The maximum Gasteiger partial charge on any atom is 0.231 e. The molecule has 2 heterocycles. The van der Waals surface area contributed by atoms with Crippen molar-refractivity contribution in [1.82, 2.24) is 9.78 Å². The highest BCUT2D eigenvalue weighted by atomic mass is 16.5. The molecule has 1 aliphatic heterocycles. The first-order valence-corrected chi connectivity index (χ1v) is 5.76. The van der Waals surface area contributed by atoms with Crippen LogP contribution >= 0.6 is 0 Å². The van der Waals surface area contributed by atoms with Crippen LogP contribution in [-0.4, -0.2) is 34.9 Å². The monoisotopic (exact) mass is 238 g/mol. The first-order valence-electron chi connectivity index (χ1n) is 5.76. The molecule has 0 bridgehead atoms. The summed E-state index contributed by atoms with van der Waals surface area (Å²) < 4.78 is 6.96. The molecular weight excluding hydrogens is 220 g/mol. The van der Waals surface area contributed by atoms with Gasteiger partial charge < -0.3 is 15.8 Å². The van der Waals surface area contributed by atoms with E-state index < -0.39 is 0 Å². The number of hydrogen-bond acceptors (Lipinski definition) is 4. The van der Waals surface area contributed by atoms with Crippen molar-refractivity contribution in [2.45, 2.75) is 25.9 Å². The fourth-order valence-corrected chi connectivity index (χ4v) is 1.76. The average Bonchev–Trinajstić information content (AvgIpc) is 2.86. The molecule has 17 heavy (non-hydrogen) atoms. The Morgan fingerprint density at radius 3 is 2.94 bits per heavy atom. The summed E-state index contributed by atoms with van der Waals surface area (Å²) in [7, 11) is 0. The number of aromatic nitrogens is 2. The Morgan fingerprint density at radius 1 is 1.65 bits per heavy atom. The fourth-order valence-electron chi connectivity index (χ4n) is 1.76. The molecule has 1 aromatic rings. The lowest BCUT2D eigenvalue weighted by Crippen LogP contribution is -2.37. The first kappa shape index (κ1) is 12.1. The highest BCUT2D eigenvalue weighted by Gasteiger charge is 2.31. The number of nitrogens with zero attached hydrogens (tertiary/aromatic N) is 2. The molecule has 0 saturated carbocycles. The molecule has 2 rings (SSSR count). The molecule has 2 unspecified atom stereocenters. The Bertz CT molecular complexity index is 402. The van der Waals surface area contributed by atoms with Gasteiger partial charge in [-0.3, -0.25) is 9.48 Å². The van der Waals surface area contributed by atoms with Crippen LogP contribution in [-0.2, 0) is 9.53 Å². The Labute approximate surface area is 100 Å². The summed E-state index contributed by atoms with van der Waals surface area (Å²) in [5.41, 5.74) is 6.48. The fraction of sp³-hybridized carbons (Fsp3) is 0.636. The Morgan fingerprint density at radius 2 is 2.41 bits per heavy atom. The van der Waals surface area contributed by atoms with Crippen molar-refractivity contribution in [3.8, 4) is 0 Å². The van der Waals surface area contributed by atoms with E-state index in [1.54, 1.807) is 10.9 Å². The number of amides is 1. The molecule has 0 radical (unpaired) electrons. The molecule has 94 valence electrons. The second-order valence-corrected chi connectivity index (χ2v) is 4.60. The number of hydrogen-bond donors (Lipinski definition) is 2. The minimum Gasteiger partial charge on any atom is -0.379 e. The summed E-state index contributed by atoms with van der Waals surface area (Å²) in [6, 6.07) is 0.0628. The molecule has 1 aliphatic rings. The third kappa shape index (κ3) is 2.65. The van der Waals surface area contributed by atoms with E-state index in [1.807, 2.05) is 20.0 Å². The van der Waals surface area contributed by atoms with Crippen LogP contribution in [0.3, 0.4) is 0 Å². The van der Waals surface area contributed by atoms with Gasteiger partial charge in [-0.15, -0.1) is 0 Å². The Kier molecular flexibility index (Phi) is 3.44. The Hall–Kier alpha value is -1.40. The van der Waals surface area contributed by atoms with Gasteiger partial charge in [0.15, 0.2) is 0 Å². The lowest BCUT2D eigenvalue weighted by molar-refractivity contribution is -0.120. The van der Waals surface area contributed by atoms with Crippen molar-refractivity contribution in [2.24, 2.45) is 11.7 Å². The number of nitrogens with one attached hydrogen (secondary N) is 1. The van der Waals surface area contributed by atoms with E-state index in [0.717, 1.165) is 0 Å². The summed E-state index contributed by atoms with van der Waals surface area (Å²) in [4.78, 5) is 11.9. The van der Waals surface area contributed by atoms with E-state index in [1.165, 1.54) is 0 Å². The molecule has 3 N–H and O–H groups in total. The minimum atomic E-state index is -0.266. The lowest BCUT2D eigenvalue weighted by Gasteiger charge is -2.12. The smallest absolute Gasteiger partial charge is 0.231 e. The maximum absolute atomic E-state index is 11.9. The average molecular weight is 238 g/mol. The molecule has 0 aliphatic carbocycles. The van der Waals surface area contributed by atoms with Crippen LogP contribution in [0.5, 0.6) is 0 Å². The first-order chi connectivity index (χ1) is 8.08. The molecule has 6 nitrogen and oxygen atoms in total. The molecule has 1 amide bonds. The zero-order chi connectivity index (χ0) is 12.4. The quantitative estimate of drug-likeness (QED) is 0.797. The van der Waals surface area contributed by atoms with E-state index >= 15 is 0 Å². The molecule has 0 aromatic carbocycles. The molecular formula is C11H18N4O2. The van der Waals surface area contributed by atoms with E-state index in [9.17, 15) is 4.79 Å². The Balaban J connectivity index is 1.97. The largest absolute Gasteiger partial charge is 0.379 e. The SMILES string of the molecule is CC(C)n1cc(NC(=O)C2COCC2N)cn1. The summed E-state index contributed by atoms with van der Waals surface area (Å²) in [6.07, 6.45) is 3.45. The number of nitrogens with two attached hydrogens (primary N) is 1. The second kappa shape index (κ2) is 4.85. The van der Waals surface area contributed by atoms with Gasteiger partial charge in [0, 0.05) is 18.3 Å². The van der Waals surface area contributed by atoms with E-state index in [4.69, 9.17) is 10.5 Å². The van der Waals surface area contributed by atoms with Gasteiger partial charge in [-0.25, -0.2) is 0 Å². The van der Waals surface area contributed by atoms with E-state index in [2.05, 4.69) is 10.4 Å². The van der Waals surface area contributed by atoms with Gasteiger partial charge in [-0.1, -0.05) is 0 Å². The van der Waals surface area contributed by atoms with Crippen LogP contribution in [0.4, 0.5) is 5.69 Å². The van der Waals surface area contributed by atoms with Crippen LogP contribution in [0, 0.1) is 5.92 Å². The van der Waals surface area contributed by atoms with E-state index in [-0.39, 0.29) is 23.9 Å². The van der Waals surface area contributed by atoms with Crippen LogP contribution in [0.15, 0.2) is 12.4 Å². The lowest BCUT2D eigenvalue weighted by atomic mass is 10.0. The number of rotatable bonds is 3. The standard InChI is InChI=1S/C11H18N4O2/c1-7(2)15-4-8(3-13-15)14-11(16)9-5-17-6-10(9)12/h3-4,7,9-10H,5-6,12H2,1-2H3,(H,14,16). The highest BCUT2D eigenvalue weighted by molar-refractivity contribution is 5.93. The van der Waals surface area contributed by atoms with Crippen molar-refractivity contribution in [1.29, 1.82) is 0 Å².